The minimum Gasteiger partial charge on any atom is -0.378 e. The molecule has 1 fully saturated rings. The third-order valence-electron chi connectivity index (χ3n) is 4.10. The predicted molar refractivity (Wildman–Crippen MR) is 84.2 cm³/mol. The molecule has 1 aliphatic rings. The zero-order valence-corrected chi connectivity index (χ0v) is 12.7. The normalized spacial score (nSPS) is 21.8. The van der Waals surface area contributed by atoms with Gasteiger partial charge in [-0.05, 0) is 43.7 Å². The van der Waals surface area contributed by atoms with E-state index in [4.69, 9.17) is 0 Å². The molecule has 1 heterocycles. The quantitative estimate of drug-likeness (QED) is 0.867. The molecule has 4 nitrogen and oxygen atoms in total. The monoisotopic (exact) mass is 275 g/mol. The number of carbonyl (C=O) groups excluding carboxylic acids is 1. The van der Waals surface area contributed by atoms with Gasteiger partial charge in [-0.25, -0.2) is 0 Å². The van der Waals surface area contributed by atoms with Gasteiger partial charge < -0.3 is 15.5 Å². The van der Waals surface area contributed by atoms with Crippen LogP contribution in [-0.4, -0.2) is 33.1 Å². The highest BCUT2D eigenvalue weighted by Gasteiger charge is 2.40. The first kappa shape index (κ1) is 14.9. The van der Waals surface area contributed by atoms with Crippen molar-refractivity contribution in [1.82, 2.24) is 5.32 Å². The van der Waals surface area contributed by atoms with Gasteiger partial charge in [-0.1, -0.05) is 13.3 Å². The van der Waals surface area contributed by atoms with E-state index in [0.29, 0.717) is 0 Å². The molecule has 0 bridgehead atoms. The summed E-state index contributed by atoms with van der Waals surface area (Å²) in [6.45, 7) is 3.87. The molecule has 0 saturated carbocycles. The van der Waals surface area contributed by atoms with Crippen molar-refractivity contribution in [3.05, 3.63) is 24.3 Å². The first-order chi connectivity index (χ1) is 9.57. The summed E-state index contributed by atoms with van der Waals surface area (Å²) in [5.74, 6) is 0.155. The Morgan fingerprint density at radius 1 is 1.35 bits per heavy atom. The van der Waals surface area contributed by atoms with E-state index in [1.54, 1.807) is 0 Å². The van der Waals surface area contributed by atoms with Crippen LogP contribution in [0.4, 0.5) is 11.4 Å². The molecule has 1 aromatic carbocycles. The van der Waals surface area contributed by atoms with Gasteiger partial charge in [-0.2, -0.15) is 0 Å². The Labute approximate surface area is 121 Å². The van der Waals surface area contributed by atoms with E-state index in [0.717, 1.165) is 43.7 Å². The van der Waals surface area contributed by atoms with Crippen LogP contribution in [0.25, 0.3) is 0 Å². The molecule has 0 radical (unpaired) electrons. The van der Waals surface area contributed by atoms with E-state index >= 15 is 0 Å². The summed E-state index contributed by atoms with van der Waals surface area (Å²) in [5, 5.41) is 6.40. The number of benzene rings is 1. The lowest BCUT2D eigenvalue weighted by Crippen LogP contribution is -2.38. The fourth-order valence-electron chi connectivity index (χ4n) is 2.85. The first-order valence-electron chi connectivity index (χ1n) is 7.37. The molecule has 0 spiro atoms. The lowest BCUT2D eigenvalue weighted by molar-refractivity contribution is -0.125. The summed E-state index contributed by atoms with van der Waals surface area (Å²) in [6.07, 6.45) is 2.92. The van der Waals surface area contributed by atoms with Crippen LogP contribution in [0.2, 0.25) is 0 Å². The molecule has 1 aromatic rings. The molecule has 0 aromatic heterocycles. The van der Waals surface area contributed by atoms with E-state index in [9.17, 15) is 4.79 Å². The lowest BCUT2D eigenvalue weighted by atomic mass is 9.81. The molecule has 1 unspecified atom stereocenters. The predicted octanol–water partition coefficient (Wildman–Crippen LogP) is 2.47. The smallest absolute Gasteiger partial charge is 0.231 e. The number of carbonyl (C=O) groups is 1. The van der Waals surface area contributed by atoms with E-state index in [-0.39, 0.29) is 11.3 Å². The number of anilines is 2. The fraction of sp³-hybridized carbons (Fsp3) is 0.562. The topological polar surface area (TPSA) is 44.4 Å². The molecular weight excluding hydrogens is 250 g/mol. The number of nitrogens with one attached hydrogen (secondary N) is 2. The molecule has 1 amide bonds. The number of hydrogen-bond acceptors (Lipinski definition) is 3. The number of nitrogens with zero attached hydrogens (tertiary/aromatic N) is 1. The maximum atomic E-state index is 12.6. The first-order valence-corrected chi connectivity index (χ1v) is 7.37. The zero-order valence-electron chi connectivity index (χ0n) is 12.7. The van der Waals surface area contributed by atoms with Gasteiger partial charge >= 0.3 is 0 Å². The minimum atomic E-state index is -0.227. The van der Waals surface area contributed by atoms with E-state index in [1.807, 2.05) is 43.3 Å². The third-order valence-corrected chi connectivity index (χ3v) is 4.10. The van der Waals surface area contributed by atoms with Crippen LogP contribution in [0, 0.1) is 5.41 Å². The Hall–Kier alpha value is -1.55. The summed E-state index contributed by atoms with van der Waals surface area (Å²) >= 11 is 0. The second-order valence-corrected chi connectivity index (χ2v) is 5.85. The van der Waals surface area contributed by atoms with Gasteiger partial charge in [-0.3, -0.25) is 4.79 Å². The Bertz CT molecular complexity index is 447. The minimum absolute atomic E-state index is 0.155. The van der Waals surface area contributed by atoms with E-state index in [2.05, 4.69) is 17.6 Å². The van der Waals surface area contributed by atoms with E-state index in [1.165, 1.54) is 0 Å². The summed E-state index contributed by atoms with van der Waals surface area (Å²) in [7, 11) is 4.02. The van der Waals surface area contributed by atoms with Crippen molar-refractivity contribution in [2.45, 2.75) is 26.2 Å². The van der Waals surface area contributed by atoms with Crippen LogP contribution in [0.1, 0.15) is 26.2 Å². The Kier molecular flexibility index (Phi) is 4.65. The SMILES string of the molecule is CCCC1(C(=O)Nc2ccc(N(C)C)cc2)CCNC1. The molecular formula is C16H25N3O. The molecule has 1 aliphatic heterocycles. The van der Waals surface area contributed by atoms with Crippen LogP contribution >= 0.6 is 0 Å². The Morgan fingerprint density at radius 3 is 2.55 bits per heavy atom. The highest BCUT2D eigenvalue weighted by molar-refractivity contribution is 5.95. The molecule has 20 heavy (non-hydrogen) atoms. The summed E-state index contributed by atoms with van der Waals surface area (Å²) < 4.78 is 0. The fourth-order valence-corrected chi connectivity index (χ4v) is 2.85. The largest absolute Gasteiger partial charge is 0.378 e. The van der Waals surface area contributed by atoms with Crippen LogP contribution in [-0.2, 0) is 4.79 Å². The maximum absolute atomic E-state index is 12.6. The van der Waals surface area contributed by atoms with Crippen LogP contribution in [0.5, 0.6) is 0 Å². The molecule has 2 rings (SSSR count). The maximum Gasteiger partial charge on any atom is 0.231 e. The molecule has 110 valence electrons. The number of hydrogen-bond donors (Lipinski definition) is 2. The molecule has 2 N–H and O–H groups in total. The summed E-state index contributed by atoms with van der Waals surface area (Å²) in [4.78, 5) is 14.6. The second-order valence-electron chi connectivity index (χ2n) is 5.85. The van der Waals surface area contributed by atoms with Gasteiger partial charge in [0, 0.05) is 32.0 Å². The third kappa shape index (κ3) is 3.12. The molecule has 1 atom stereocenters. The van der Waals surface area contributed by atoms with Crippen LogP contribution in [0.15, 0.2) is 24.3 Å². The van der Waals surface area contributed by atoms with Crippen LogP contribution in [0.3, 0.4) is 0 Å². The molecule has 1 saturated heterocycles. The van der Waals surface area contributed by atoms with Crippen LogP contribution < -0.4 is 15.5 Å². The van der Waals surface area contributed by atoms with Crippen molar-refractivity contribution in [2.24, 2.45) is 5.41 Å². The van der Waals surface area contributed by atoms with Crippen molar-refractivity contribution >= 4 is 17.3 Å². The number of rotatable bonds is 5. The average molecular weight is 275 g/mol. The Balaban J connectivity index is 2.06. The van der Waals surface area contributed by atoms with Gasteiger partial charge in [0.15, 0.2) is 0 Å². The van der Waals surface area contributed by atoms with Gasteiger partial charge in [0.1, 0.15) is 0 Å². The van der Waals surface area contributed by atoms with Crippen molar-refractivity contribution in [3.63, 3.8) is 0 Å². The van der Waals surface area contributed by atoms with Gasteiger partial charge in [0.25, 0.3) is 0 Å². The zero-order chi connectivity index (χ0) is 14.6. The Morgan fingerprint density at radius 2 is 2.05 bits per heavy atom. The molecule has 4 heteroatoms. The second kappa shape index (κ2) is 6.27. The van der Waals surface area contributed by atoms with Crippen molar-refractivity contribution in [1.29, 1.82) is 0 Å². The average Bonchev–Trinajstić information content (AvgIpc) is 2.89. The van der Waals surface area contributed by atoms with Gasteiger partial charge in [0.05, 0.1) is 5.41 Å². The van der Waals surface area contributed by atoms with Crippen molar-refractivity contribution < 1.29 is 4.79 Å². The molecule has 0 aliphatic carbocycles. The van der Waals surface area contributed by atoms with Gasteiger partial charge in [-0.15, -0.1) is 0 Å². The summed E-state index contributed by atoms with van der Waals surface area (Å²) in [6, 6.07) is 7.98. The van der Waals surface area contributed by atoms with Crippen molar-refractivity contribution in [3.8, 4) is 0 Å². The standard InChI is InChI=1S/C16H25N3O/c1-4-9-16(10-11-17-12-16)15(20)18-13-5-7-14(8-6-13)19(2)3/h5-8,17H,4,9-12H2,1-3H3,(H,18,20). The summed E-state index contributed by atoms with van der Waals surface area (Å²) in [5.41, 5.74) is 1.78. The highest BCUT2D eigenvalue weighted by Crippen LogP contribution is 2.32. The van der Waals surface area contributed by atoms with Gasteiger partial charge in [0.2, 0.25) is 5.91 Å². The van der Waals surface area contributed by atoms with E-state index < -0.39 is 0 Å². The van der Waals surface area contributed by atoms with Crippen molar-refractivity contribution in [2.75, 3.05) is 37.4 Å². The number of amides is 1. The highest BCUT2D eigenvalue weighted by atomic mass is 16.2. The lowest BCUT2D eigenvalue weighted by Gasteiger charge is -2.26.